The van der Waals surface area contributed by atoms with Crippen molar-refractivity contribution in [3.63, 3.8) is 0 Å². The molecule has 1 aliphatic heterocycles. The molecule has 1 aromatic heterocycles. The number of methoxy groups -OCH3 is 1. The van der Waals surface area contributed by atoms with E-state index in [-0.39, 0.29) is 40.5 Å². The van der Waals surface area contributed by atoms with E-state index in [1.165, 1.54) is 37.4 Å². The molecule has 4 aromatic rings. The second kappa shape index (κ2) is 13.6. The number of non-ortho nitro benzene ring substituents is 1. The van der Waals surface area contributed by atoms with Crippen molar-refractivity contribution in [3.8, 4) is 5.75 Å². The third-order valence-electron chi connectivity index (χ3n) is 8.22. The van der Waals surface area contributed by atoms with Gasteiger partial charge in [-0.1, -0.05) is 18.2 Å². The Labute approximate surface area is 262 Å². The first-order chi connectivity index (χ1) is 22.0. The van der Waals surface area contributed by atoms with Gasteiger partial charge in [-0.15, -0.1) is 0 Å². The molecule has 46 heavy (non-hydrogen) atoms. The highest BCUT2D eigenvalue weighted by atomic mass is 19.1. The van der Waals surface area contributed by atoms with Gasteiger partial charge >= 0.3 is 5.69 Å². The number of halogens is 3. The van der Waals surface area contributed by atoms with E-state index < -0.39 is 46.2 Å². The number of ether oxygens (including phenoxy) is 1. The number of anilines is 1. The van der Waals surface area contributed by atoms with Gasteiger partial charge in [0.15, 0.2) is 0 Å². The van der Waals surface area contributed by atoms with Crippen LogP contribution in [0.25, 0.3) is 0 Å². The van der Waals surface area contributed by atoms with Gasteiger partial charge in [0.25, 0.3) is 11.2 Å². The number of aromatic nitrogens is 2. The van der Waals surface area contributed by atoms with Gasteiger partial charge in [-0.3, -0.25) is 28.9 Å². The normalized spacial score (nSPS) is 14.3. The molecular formula is C32H33F3N6O5. The summed E-state index contributed by atoms with van der Waals surface area (Å²) in [6, 6.07) is 12.5. The second-order valence-corrected chi connectivity index (χ2v) is 11.1. The number of nitro groups is 1. The zero-order chi connectivity index (χ0) is 33.1. The SMILES string of the molecule is COc1ccc(F)cc1[C@H](N)Cn1c(=O)c(N2CCN(Cc3cccc([N+](=O)[O-])c3)CC2)c(C)n(Cc2c(F)cccc2F)c1=O. The van der Waals surface area contributed by atoms with Crippen molar-refractivity contribution in [2.75, 3.05) is 38.2 Å². The van der Waals surface area contributed by atoms with Crippen LogP contribution in [0.2, 0.25) is 0 Å². The van der Waals surface area contributed by atoms with Crippen molar-refractivity contribution in [2.45, 2.75) is 32.6 Å². The van der Waals surface area contributed by atoms with Crippen LogP contribution in [0.5, 0.6) is 5.75 Å². The predicted octanol–water partition coefficient (Wildman–Crippen LogP) is 3.72. The minimum atomic E-state index is -1.04. The summed E-state index contributed by atoms with van der Waals surface area (Å²) >= 11 is 0. The Morgan fingerprint density at radius 1 is 0.935 bits per heavy atom. The van der Waals surface area contributed by atoms with Gasteiger partial charge in [0.05, 0.1) is 31.2 Å². The van der Waals surface area contributed by atoms with E-state index in [0.717, 1.165) is 32.9 Å². The number of hydrogen-bond acceptors (Lipinski definition) is 8. The summed E-state index contributed by atoms with van der Waals surface area (Å²) in [7, 11) is 1.38. The third kappa shape index (κ3) is 6.67. The van der Waals surface area contributed by atoms with Crippen molar-refractivity contribution in [3.05, 3.63) is 131 Å². The highest BCUT2D eigenvalue weighted by molar-refractivity contribution is 5.50. The highest BCUT2D eigenvalue weighted by Crippen LogP contribution is 2.26. The molecule has 0 aliphatic carbocycles. The van der Waals surface area contributed by atoms with E-state index in [4.69, 9.17) is 10.5 Å². The van der Waals surface area contributed by atoms with Crippen LogP contribution in [0.15, 0.2) is 70.3 Å². The topological polar surface area (TPSA) is 129 Å². The highest BCUT2D eigenvalue weighted by Gasteiger charge is 2.27. The molecule has 14 heteroatoms. The fourth-order valence-electron chi connectivity index (χ4n) is 5.79. The number of nitro benzene ring substituents is 1. The van der Waals surface area contributed by atoms with Crippen LogP contribution in [0.1, 0.15) is 28.4 Å². The molecule has 0 saturated carbocycles. The largest absolute Gasteiger partial charge is 0.496 e. The maximum atomic E-state index is 14.7. The van der Waals surface area contributed by atoms with Gasteiger partial charge in [0, 0.05) is 61.7 Å². The van der Waals surface area contributed by atoms with Crippen LogP contribution in [-0.4, -0.2) is 52.2 Å². The molecule has 1 atom stereocenters. The maximum absolute atomic E-state index is 14.7. The van der Waals surface area contributed by atoms with Gasteiger partial charge in [-0.2, -0.15) is 0 Å². The Morgan fingerprint density at radius 3 is 2.26 bits per heavy atom. The summed E-state index contributed by atoms with van der Waals surface area (Å²) in [6.07, 6.45) is 0. The summed E-state index contributed by atoms with van der Waals surface area (Å²) < 4.78 is 51.0. The Balaban J connectivity index is 1.51. The first kappa shape index (κ1) is 32.4. The summed E-state index contributed by atoms with van der Waals surface area (Å²) in [6.45, 7) is 2.85. The number of hydrogen-bond donors (Lipinski definition) is 1. The Kier molecular flexibility index (Phi) is 9.58. The van der Waals surface area contributed by atoms with E-state index in [1.807, 2.05) is 0 Å². The number of piperazine rings is 1. The molecule has 0 amide bonds. The quantitative estimate of drug-likeness (QED) is 0.206. The van der Waals surface area contributed by atoms with Gasteiger partial charge in [-0.25, -0.2) is 18.0 Å². The fourth-order valence-corrected chi connectivity index (χ4v) is 5.79. The van der Waals surface area contributed by atoms with Crippen LogP contribution in [0, 0.1) is 34.5 Å². The van der Waals surface area contributed by atoms with E-state index >= 15 is 0 Å². The predicted molar refractivity (Wildman–Crippen MR) is 166 cm³/mol. The molecule has 1 fully saturated rings. The standard InChI is InChI=1S/C32H33F3N6O5/c1-20-30(38-13-11-37(12-14-38)17-21-5-3-6-23(15-21)41(44)45)31(42)40(19-28(36)24-16-22(33)9-10-29(24)46-2)32(43)39(20)18-25-26(34)7-4-8-27(25)35/h3-10,15-16,28H,11-14,17-19,36H2,1-2H3/t28-/m1/s1. The fraction of sp³-hybridized carbons (Fsp3) is 0.312. The van der Waals surface area contributed by atoms with Crippen molar-refractivity contribution in [1.82, 2.24) is 14.0 Å². The number of nitrogens with two attached hydrogens (primary N) is 1. The average molecular weight is 639 g/mol. The Morgan fingerprint density at radius 2 is 1.61 bits per heavy atom. The van der Waals surface area contributed by atoms with Crippen molar-refractivity contribution >= 4 is 11.4 Å². The second-order valence-electron chi connectivity index (χ2n) is 11.1. The molecule has 0 unspecified atom stereocenters. The van der Waals surface area contributed by atoms with Crippen LogP contribution in [0.3, 0.4) is 0 Å². The lowest BCUT2D eigenvalue weighted by molar-refractivity contribution is -0.384. The van der Waals surface area contributed by atoms with Crippen molar-refractivity contribution in [2.24, 2.45) is 5.73 Å². The molecule has 5 rings (SSSR count). The van der Waals surface area contributed by atoms with Crippen LogP contribution < -0.4 is 26.6 Å². The summed E-state index contributed by atoms with van der Waals surface area (Å²) in [4.78, 5) is 42.5. The molecule has 242 valence electrons. The first-order valence-corrected chi connectivity index (χ1v) is 14.5. The summed E-state index contributed by atoms with van der Waals surface area (Å²) in [5, 5.41) is 11.2. The van der Waals surface area contributed by atoms with E-state index in [2.05, 4.69) is 4.90 Å². The molecule has 0 spiro atoms. The molecule has 2 N–H and O–H groups in total. The van der Waals surface area contributed by atoms with Gasteiger partial charge in [-0.05, 0) is 42.8 Å². The molecule has 11 nitrogen and oxygen atoms in total. The molecular weight excluding hydrogens is 605 g/mol. The third-order valence-corrected chi connectivity index (χ3v) is 8.22. The lowest BCUT2D eigenvalue weighted by Crippen LogP contribution is -2.51. The number of nitrogens with zero attached hydrogens (tertiary/aromatic N) is 5. The van der Waals surface area contributed by atoms with Crippen molar-refractivity contribution in [1.29, 1.82) is 0 Å². The Hall–Kier alpha value is -4.95. The molecule has 2 heterocycles. The smallest absolute Gasteiger partial charge is 0.331 e. The van der Waals surface area contributed by atoms with Gasteiger partial charge in [0.1, 0.15) is 28.9 Å². The lowest BCUT2D eigenvalue weighted by atomic mass is 10.1. The van der Waals surface area contributed by atoms with Crippen LogP contribution in [-0.2, 0) is 19.6 Å². The van der Waals surface area contributed by atoms with Crippen molar-refractivity contribution < 1.29 is 22.8 Å². The van der Waals surface area contributed by atoms with E-state index in [1.54, 1.807) is 24.0 Å². The minimum Gasteiger partial charge on any atom is -0.496 e. The average Bonchev–Trinajstić information content (AvgIpc) is 3.03. The first-order valence-electron chi connectivity index (χ1n) is 14.5. The number of benzene rings is 3. The van der Waals surface area contributed by atoms with Gasteiger partial charge < -0.3 is 15.4 Å². The maximum Gasteiger partial charge on any atom is 0.331 e. The molecule has 0 radical (unpaired) electrons. The minimum absolute atomic E-state index is 0.00470. The van der Waals surface area contributed by atoms with E-state index in [9.17, 15) is 32.9 Å². The molecule has 3 aromatic carbocycles. The van der Waals surface area contributed by atoms with Gasteiger partial charge in [0.2, 0.25) is 0 Å². The lowest BCUT2D eigenvalue weighted by Gasteiger charge is -2.37. The monoisotopic (exact) mass is 638 g/mol. The molecule has 1 aliphatic rings. The zero-order valence-electron chi connectivity index (χ0n) is 25.3. The number of rotatable bonds is 10. The summed E-state index contributed by atoms with van der Waals surface area (Å²) in [5.41, 5.74) is 5.98. The molecule has 0 bridgehead atoms. The molecule has 1 saturated heterocycles. The van der Waals surface area contributed by atoms with E-state index in [0.29, 0.717) is 32.7 Å². The van der Waals surface area contributed by atoms with Crippen LogP contribution in [0.4, 0.5) is 24.5 Å². The summed E-state index contributed by atoms with van der Waals surface area (Å²) in [5.74, 6) is -2.01. The Bertz CT molecular complexity index is 1870. The zero-order valence-corrected chi connectivity index (χ0v) is 25.3. The van der Waals surface area contributed by atoms with Crippen LogP contribution >= 0.6 is 0 Å².